The minimum atomic E-state index is -0.350. The smallest absolute Gasteiger partial charge is 0.235 e. The predicted molar refractivity (Wildman–Crippen MR) is 84.5 cm³/mol. The molecule has 0 radical (unpaired) electrons. The molecule has 2 amide bonds. The zero-order valence-electron chi connectivity index (χ0n) is 13.4. The Kier molecular flexibility index (Phi) is 3.31. The number of benzene rings is 1. The summed E-state index contributed by atoms with van der Waals surface area (Å²) in [4.78, 5) is 23.5. The average Bonchev–Trinajstić information content (AvgIpc) is 2.75. The van der Waals surface area contributed by atoms with Gasteiger partial charge in [0.2, 0.25) is 11.8 Å². The van der Waals surface area contributed by atoms with E-state index in [-0.39, 0.29) is 23.1 Å². The molecule has 0 spiro atoms. The van der Waals surface area contributed by atoms with Crippen molar-refractivity contribution in [2.45, 2.75) is 44.9 Å². The Morgan fingerprint density at radius 2 is 2.00 bits per heavy atom. The van der Waals surface area contributed by atoms with Crippen LogP contribution in [0, 0.1) is 0 Å². The molecular weight excluding hydrogens is 278 g/mol. The molecule has 3 rings (SSSR count). The highest BCUT2D eigenvalue weighted by molar-refractivity contribution is 6.02. The van der Waals surface area contributed by atoms with Crippen LogP contribution in [0.25, 0.3) is 10.9 Å². The fourth-order valence-electron chi connectivity index (χ4n) is 3.18. The van der Waals surface area contributed by atoms with Gasteiger partial charge in [0.05, 0.1) is 17.1 Å². The number of carbonyl (C=O) groups is 2. The van der Waals surface area contributed by atoms with Crippen LogP contribution in [0.4, 0.5) is 0 Å². The molecule has 1 aliphatic rings. The van der Waals surface area contributed by atoms with Crippen LogP contribution in [0.2, 0.25) is 0 Å². The molecule has 0 bridgehead atoms. The van der Waals surface area contributed by atoms with E-state index in [4.69, 9.17) is 0 Å². The second-order valence-corrected chi connectivity index (χ2v) is 6.96. The molecule has 22 heavy (non-hydrogen) atoms. The molecule has 1 saturated heterocycles. The maximum absolute atomic E-state index is 12.2. The monoisotopic (exact) mass is 299 g/mol. The van der Waals surface area contributed by atoms with Crippen molar-refractivity contribution in [1.29, 1.82) is 0 Å². The number of piperidine rings is 1. The van der Waals surface area contributed by atoms with Crippen LogP contribution in [0.15, 0.2) is 18.2 Å². The summed E-state index contributed by atoms with van der Waals surface area (Å²) in [5, 5.41) is 8.03. The Morgan fingerprint density at radius 3 is 2.64 bits per heavy atom. The normalized spacial score (nSPS) is 19.5. The number of rotatable bonds is 1. The van der Waals surface area contributed by atoms with Crippen molar-refractivity contribution in [2.24, 2.45) is 7.05 Å². The molecule has 1 atom stereocenters. The zero-order chi connectivity index (χ0) is 16.1. The summed E-state index contributed by atoms with van der Waals surface area (Å²) in [5.74, 6) is -0.786. The van der Waals surface area contributed by atoms with Crippen molar-refractivity contribution >= 4 is 22.7 Å². The molecule has 1 aliphatic heterocycles. The van der Waals surface area contributed by atoms with E-state index < -0.39 is 0 Å². The minimum Gasteiger partial charge on any atom is -0.296 e. The molecule has 1 aromatic carbocycles. The van der Waals surface area contributed by atoms with Gasteiger partial charge < -0.3 is 0 Å². The third kappa shape index (κ3) is 2.30. The number of para-hydroxylation sites is 1. The van der Waals surface area contributed by atoms with Gasteiger partial charge in [0.15, 0.2) is 0 Å². The number of nitrogens with one attached hydrogen (secondary N) is 1. The maximum atomic E-state index is 12.2. The number of amides is 2. The summed E-state index contributed by atoms with van der Waals surface area (Å²) in [6.07, 6.45) is 0.893. The zero-order valence-corrected chi connectivity index (χ0v) is 13.4. The highest BCUT2D eigenvalue weighted by Gasteiger charge is 2.32. The molecule has 2 heterocycles. The van der Waals surface area contributed by atoms with E-state index in [1.54, 1.807) is 0 Å². The van der Waals surface area contributed by atoms with Gasteiger partial charge in [-0.25, -0.2) is 0 Å². The molecule has 0 aliphatic carbocycles. The average molecular weight is 299 g/mol. The highest BCUT2D eigenvalue weighted by Crippen LogP contribution is 2.35. The van der Waals surface area contributed by atoms with E-state index in [0.29, 0.717) is 12.8 Å². The van der Waals surface area contributed by atoms with E-state index in [1.807, 2.05) is 23.9 Å². The lowest BCUT2D eigenvalue weighted by molar-refractivity contribution is -0.134. The van der Waals surface area contributed by atoms with Crippen LogP contribution in [-0.2, 0) is 22.1 Å². The molecule has 116 valence electrons. The number of imide groups is 1. The topological polar surface area (TPSA) is 64.0 Å². The summed E-state index contributed by atoms with van der Waals surface area (Å²) in [6.45, 7) is 6.50. The third-order valence-corrected chi connectivity index (χ3v) is 4.27. The first-order chi connectivity index (χ1) is 10.3. The largest absolute Gasteiger partial charge is 0.296 e. The van der Waals surface area contributed by atoms with Crippen molar-refractivity contribution in [3.8, 4) is 0 Å². The number of nitrogens with zero attached hydrogens (tertiary/aromatic N) is 2. The minimum absolute atomic E-state index is 0.00460. The second kappa shape index (κ2) is 4.93. The van der Waals surface area contributed by atoms with Gasteiger partial charge in [0, 0.05) is 18.9 Å². The van der Waals surface area contributed by atoms with Gasteiger partial charge in [0.25, 0.3) is 0 Å². The lowest BCUT2D eigenvalue weighted by Crippen LogP contribution is -2.39. The number of hydrogen-bond donors (Lipinski definition) is 1. The molecule has 5 nitrogen and oxygen atoms in total. The standard InChI is InChI=1S/C17H21N3O2/c1-17(2,3)12-7-5-6-10-14(19-20(4)15(10)12)11-8-9-13(21)18-16(11)22/h5-7,11H,8-9H2,1-4H3,(H,18,21,22)/t11-/m1/s1. The number of fused-ring (bicyclic) bond motifs is 1. The Labute approximate surface area is 129 Å². The van der Waals surface area contributed by atoms with Gasteiger partial charge in [-0.05, 0) is 17.4 Å². The van der Waals surface area contributed by atoms with Crippen LogP contribution in [0.5, 0.6) is 0 Å². The fraction of sp³-hybridized carbons (Fsp3) is 0.471. The second-order valence-electron chi connectivity index (χ2n) is 6.96. The SMILES string of the molecule is Cn1nc([C@H]2CCC(=O)NC2=O)c2cccc(C(C)(C)C)c21. The Hall–Kier alpha value is -2.17. The van der Waals surface area contributed by atoms with Crippen LogP contribution in [0.3, 0.4) is 0 Å². The van der Waals surface area contributed by atoms with E-state index in [9.17, 15) is 9.59 Å². The first-order valence-electron chi connectivity index (χ1n) is 7.59. The maximum Gasteiger partial charge on any atom is 0.235 e. The quantitative estimate of drug-likeness (QED) is 0.822. The molecule has 2 aromatic rings. The van der Waals surface area contributed by atoms with Gasteiger partial charge in [-0.2, -0.15) is 5.10 Å². The van der Waals surface area contributed by atoms with Crippen molar-refractivity contribution in [1.82, 2.24) is 15.1 Å². The first kappa shape index (κ1) is 14.8. The van der Waals surface area contributed by atoms with Crippen molar-refractivity contribution < 1.29 is 9.59 Å². The summed E-state index contributed by atoms with van der Waals surface area (Å²) in [5.41, 5.74) is 3.04. The van der Waals surface area contributed by atoms with Gasteiger partial charge >= 0.3 is 0 Å². The third-order valence-electron chi connectivity index (χ3n) is 4.27. The highest BCUT2D eigenvalue weighted by atomic mass is 16.2. The van der Waals surface area contributed by atoms with Gasteiger partial charge in [0.1, 0.15) is 0 Å². The lowest BCUT2D eigenvalue weighted by Gasteiger charge is -2.21. The molecule has 0 unspecified atom stereocenters. The molecule has 1 aromatic heterocycles. The number of carbonyl (C=O) groups excluding carboxylic acids is 2. The fourth-order valence-corrected chi connectivity index (χ4v) is 3.18. The van der Waals surface area contributed by atoms with Crippen LogP contribution in [0.1, 0.15) is 50.8 Å². The van der Waals surface area contributed by atoms with Crippen LogP contribution >= 0.6 is 0 Å². The lowest BCUT2D eigenvalue weighted by atomic mass is 9.84. The summed E-state index contributed by atoms with van der Waals surface area (Å²) in [7, 11) is 1.91. The first-order valence-corrected chi connectivity index (χ1v) is 7.59. The Morgan fingerprint density at radius 1 is 1.27 bits per heavy atom. The molecule has 1 N–H and O–H groups in total. The van der Waals surface area contributed by atoms with Crippen molar-refractivity contribution in [3.63, 3.8) is 0 Å². The predicted octanol–water partition coefficient (Wildman–Crippen LogP) is 2.39. The van der Waals surface area contributed by atoms with Gasteiger partial charge in [-0.15, -0.1) is 0 Å². The van der Waals surface area contributed by atoms with Crippen molar-refractivity contribution in [3.05, 3.63) is 29.5 Å². The number of hydrogen-bond acceptors (Lipinski definition) is 3. The van der Waals surface area contributed by atoms with Crippen LogP contribution < -0.4 is 5.32 Å². The summed E-state index contributed by atoms with van der Waals surface area (Å²) >= 11 is 0. The summed E-state index contributed by atoms with van der Waals surface area (Å²) < 4.78 is 1.86. The molecule has 5 heteroatoms. The van der Waals surface area contributed by atoms with Crippen molar-refractivity contribution in [2.75, 3.05) is 0 Å². The van der Waals surface area contributed by atoms with Gasteiger partial charge in [-0.1, -0.05) is 39.0 Å². The molecular formula is C17H21N3O2. The van der Waals surface area contributed by atoms with Crippen LogP contribution in [-0.4, -0.2) is 21.6 Å². The van der Waals surface area contributed by atoms with E-state index >= 15 is 0 Å². The summed E-state index contributed by atoms with van der Waals surface area (Å²) in [6, 6.07) is 6.13. The number of aryl methyl sites for hydroxylation is 1. The Balaban J connectivity index is 2.17. The van der Waals surface area contributed by atoms with Gasteiger partial charge in [-0.3, -0.25) is 19.6 Å². The number of aromatic nitrogens is 2. The van der Waals surface area contributed by atoms with E-state index in [0.717, 1.165) is 16.6 Å². The molecule has 0 saturated carbocycles. The Bertz CT molecular complexity index is 768. The van der Waals surface area contributed by atoms with E-state index in [2.05, 4.69) is 37.3 Å². The molecule has 1 fully saturated rings. The van der Waals surface area contributed by atoms with E-state index in [1.165, 1.54) is 5.56 Å².